The Morgan fingerprint density at radius 3 is 2.75 bits per heavy atom. The van der Waals surface area contributed by atoms with Gasteiger partial charge >= 0.3 is 0 Å². The summed E-state index contributed by atoms with van der Waals surface area (Å²) >= 11 is 0. The lowest BCUT2D eigenvalue weighted by Crippen LogP contribution is -2.37. The van der Waals surface area contributed by atoms with E-state index in [4.69, 9.17) is 0 Å². The molecule has 2 atom stereocenters. The highest BCUT2D eigenvalue weighted by Gasteiger charge is 2.44. The molecule has 1 saturated heterocycles. The van der Waals surface area contributed by atoms with Gasteiger partial charge < -0.3 is 5.32 Å². The van der Waals surface area contributed by atoms with E-state index in [1.54, 1.807) is 16.4 Å². The molecule has 2 bridgehead atoms. The normalized spacial score (nSPS) is 26.1. The molecular weight excluding hydrogens is 272 g/mol. The number of hydrogen-bond donors (Lipinski definition) is 1. The van der Waals surface area contributed by atoms with Crippen LogP contribution in [-0.2, 0) is 10.0 Å². The van der Waals surface area contributed by atoms with Crippen LogP contribution in [0.3, 0.4) is 0 Å². The number of fused-ring (bicyclic) bond motifs is 2. The molecule has 0 amide bonds. The van der Waals surface area contributed by atoms with Crippen molar-refractivity contribution in [1.29, 1.82) is 0 Å². The van der Waals surface area contributed by atoms with E-state index in [-0.39, 0.29) is 6.04 Å². The number of para-hydroxylation sites is 1. The van der Waals surface area contributed by atoms with Crippen molar-refractivity contribution in [1.82, 2.24) is 4.31 Å². The first-order valence-corrected chi connectivity index (χ1v) is 8.91. The molecule has 1 N–H and O–H groups in total. The Morgan fingerprint density at radius 2 is 2.10 bits per heavy atom. The van der Waals surface area contributed by atoms with Crippen LogP contribution in [0.25, 0.3) is 0 Å². The Labute approximate surface area is 121 Å². The van der Waals surface area contributed by atoms with Crippen LogP contribution in [0, 0.1) is 5.92 Å². The summed E-state index contributed by atoms with van der Waals surface area (Å²) in [7, 11) is -3.36. The Hall–Kier alpha value is -1.07. The lowest BCUT2D eigenvalue weighted by atomic mass is 10.1. The van der Waals surface area contributed by atoms with Gasteiger partial charge in [-0.2, -0.15) is 4.31 Å². The molecule has 3 rings (SSSR count). The minimum absolute atomic E-state index is 0.226. The highest BCUT2D eigenvalue weighted by atomic mass is 32.2. The van der Waals surface area contributed by atoms with E-state index >= 15 is 0 Å². The molecule has 4 nitrogen and oxygen atoms in total. The van der Waals surface area contributed by atoms with E-state index in [2.05, 4.69) is 12.2 Å². The maximum atomic E-state index is 12.9. The number of hydrogen-bond acceptors (Lipinski definition) is 3. The molecule has 1 heterocycles. The molecule has 5 heteroatoms. The van der Waals surface area contributed by atoms with Gasteiger partial charge in [0.25, 0.3) is 0 Å². The molecule has 0 spiro atoms. The average molecular weight is 294 g/mol. The van der Waals surface area contributed by atoms with Gasteiger partial charge in [-0.1, -0.05) is 19.1 Å². The highest BCUT2D eigenvalue weighted by Crippen LogP contribution is 2.41. The summed E-state index contributed by atoms with van der Waals surface area (Å²) in [6, 6.07) is 7.49. The first-order valence-electron chi connectivity index (χ1n) is 7.47. The lowest BCUT2D eigenvalue weighted by Gasteiger charge is -2.27. The molecule has 2 aliphatic rings. The van der Waals surface area contributed by atoms with Crippen LogP contribution in [-0.4, -0.2) is 31.9 Å². The number of piperidine rings is 1. The average Bonchev–Trinajstić information content (AvgIpc) is 3.08. The van der Waals surface area contributed by atoms with Crippen molar-refractivity contribution in [2.24, 2.45) is 5.92 Å². The maximum absolute atomic E-state index is 12.9. The number of nitrogens with zero attached hydrogens (tertiary/aromatic N) is 1. The molecule has 1 aromatic rings. The van der Waals surface area contributed by atoms with E-state index in [0.717, 1.165) is 31.5 Å². The zero-order valence-electron chi connectivity index (χ0n) is 11.9. The second kappa shape index (κ2) is 5.37. The topological polar surface area (TPSA) is 49.4 Å². The Morgan fingerprint density at radius 1 is 1.30 bits per heavy atom. The number of anilines is 1. The monoisotopic (exact) mass is 294 g/mol. The fourth-order valence-corrected chi connectivity index (χ4v) is 5.31. The van der Waals surface area contributed by atoms with Crippen molar-refractivity contribution in [2.75, 3.05) is 18.4 Å². The maximum Gasteiger partial charge on any atom is 0.245 e. The van der Waals surface area contributed by atoms with Gasteiger partial charge in [0.2, 0.25) is 10.0 Å². The van der Waals surface area contributed by atoms with Crippen LogP contribution in [0.1, 0.15) is 32.6 Å². The molecule has 0 aromatic heterocycles. The van der Waals surface area contributed by atoms with Crippen molar-refractivity contribution < 1.29 is 8.42 Å². The van der Waals surface area contributed by atoms with Crippen molar-refractivity contribution in [3.63, 3.8) is 0 Å². The fourth-order valence-electron chi connectivity index (χ4n) is 3.40. The number of rotatable bonds is 5. The SMILES string of the molecule is CCCNc1ccccc1S(=O)(=O)N1CC2CCC1C2. The Bertz CT molecular complexity index is 585. The first-order chi connectivity index (χ1) is 9.63. The predicted molar refractivity (Wildman–Crippen MR) is 80.2 cm³/mol. The molecule has 0 radical (unpaired) electrons. The zero-order chi connectivity index (χ0) is 14.2. The van der Waals surface area contributed by atoms with Crippen LogP contribution >= 0.6 is 0 Å². The van der Waals surface area contributed by atoms with Crippen LogP contribution in [0.15, 0.2) is 29.2 Å². The van der Waals surface area contributed by atoms with Crippen molar-refractivity contribution >= 4 is 15.7 Å². The molecule has 2 fully saturated rings. The Kier molecular flexibility index (Phi) is 3.73. The van der Waals surface area contributed by atoms with Gasteiger partial charge in [-0.15, -0.1) is 0 Å². The predicted octanol–water partition coefficient (Wildman–Crippen LogP) is 2.68. The summed E-state index contributed by atoms with van der Waals surface area (Å²) < 4.78 is 27.5. The summed E-state index contributed by atoms with van der Waals surface area (Å²) in [6.45, 7) is 3.57. The van der Waals surface area contributed by atoms with Gasteiger partial charge in [0.1, 0.15) is 4.90 Å². The third-order valence-corrected chi connectivity index (χ3v) is 6.37. The van der Waals surface area contributed by atoms with Gasteiger partial charge in [0.05, 0.1) is 5.69 Å². The standard InChI is InChI=1S/C15H22N2O2S/c1-2-9-16-14-5-3-4-6-15(14)20(18,19)17-11-12-7-8-13(17)10-12/h3-6,12-13,16H,2,7-11H2,1H3. The van der Waals surface area contributed by atoms with E-state index < -0.39 is 10.0 Å². The summed E-state index contributed by atoms with van der Waals surface area (Å²) in [5.41, 5.74) is 0.733. The molecule has 110 valence electrons. The highest BCUT2D eigenvalue weighted by molar-refractivity contribution is 7.89. The number of nitrogens with one attached hydrogen (secondary N) is 1. The van der Waals surface area contributed by atoms with E-state index in [9.17, 15) is 8.42 Å². The summed E-state index contributed by atoms with van der Waals surface area (Å²) in [4.78, 5) is 0.431. The van der Waals surface area contributed by atoms with Gasteiger partial charge in [-0.25, -0.2) is 8.42 Å². The van der Waals surface area contributed by atoms with Crippen LogP contribution in [0.2, 0.25) is 0 Å². The largest absolute Gasteiger partial charge is 0.384 e. The molecule has 1 aliphatic heterocycles. The smallest absolute Gasteiger partial charge is 0.245 e. The Balaban J connectivity index is 1.91. The van der Waals surface area contributed by atoms with E-state index in [1.165, 1.54) is 6.42 Å². The number of sulfonamides is 1. The van der Waals surface area contributed by atoms with Crippen molar-refractivity contribution in [3.8, 4) is 0 Å². The van der Waals surface area contributed by atoms with Gasteiger partial charge in [0.15, 0.2) is 0 Å². The van der Waals surface area contributed by atoms with Gasteiger partial charge in [-0.05, 0) is 43.7 Å². The van der Waals surface area contributed by atoms with Crippen LogP contribution < -0.4 is 5.32 Å². The summed E-state index contributed by atoms with van der Waals surface area (Å²) in [6.07, 6.45) is 4.23. The molecule has 20 heavy (non-hydrogen) atoms. The van der Waals surface area contributed by atoms with Gasteiger partial charge in [0, 0.05) is 19.1 Å². The molecule has 2 unspecified atom stereocenters. The van der Waals surface area contributed by atoms with Crippen LogP contribution in [0.5, 0.6) is 0 Å². The second-order valence-corrected chi connectivity index (χ2v) is 7.69. The summed E-state index contributed by atoms with van der Waals surface area (Å²) in [5.74, 6) is 0.575. The molecule has 1 aliphatic carbocycles. The summed E-state index contributed by atoms with van der Waals surface area (Å²) in [5, 5.41) is 3.23. The van der Waals surface area contributed by atoms with Crippen molar-refractivity contribution in [2.45, 2.75) is 43.5 Å². The third kappa shape index (κ3) is 2.33. The molecule has 1 saturated carbocycles. The van der Waals surface area contributed by atoms with Crippen molar-refractivity contribution in [3.05, 3.63) is 24.3 Å². The zero-order valence-corrected chi connectivity index (χ0v) is 12.7. The van der Waals surface area contributed by atoms with Crippen LogP contribution in [0.4, 0.5) is 5.69 Å². The first kappa shape index (κ1) is 13.9. The lowest BCUT2D eigenvalue weighted by molar-refractivity contribution is 0.333. The minimum Gasteiger partial charge on any atom is -0.384 e. The van der Waals surface area contributed by atoms with E-state index in [1.807, 2.05) is 12.1 Å². The van der Waals surface area contributed by atoms with E-state index in [0.29, 0.717) is 17.4 Å². The van der Waals surface area contributed by atoms with Gasteiger partial charge in [-0.3, -0.25) is 0 Å². The number of benzene rings is 1. The molecule has 1 aromatic carbocycles. The fraction of sp³-hybridized carbons (Fsp3) is 0.600. The molecular formula is C15H22N2O2S. The third-order valence-electron chi connectivity index (χ3n) is 4.40. The minimum atomic E-state index is -3.36. The second-order valence-electron chi connectivity index (χ2n) is 5.83. The quantitative estimate of drug-likeness (QED) is 0.908.